The summed E-state index contributed by atoms with van der Waals surface area (Å²) in [5, 5.41) is 0. The molecule has 3 nitrogen and oxygen atoms in total. The number of hydrogen-bond acceptors (Lipinski definition) is 3. The van der Waals surface area contributed by atoms with E-state index in [0.717, 1.165) is 25.4 Å². The first-order chi connectivity index (χ1) is 6.27. The molecule has 0 bridgehead atoms. The zero-order valence-electron chi connectivity index (χ0n) is 8.23. The van der Waals surface area contributed by atoms with Crippen LogP contribution in [-0.4, -0.2) is 43.5 Å². The molecule has 1 fully saturated rings. The second-order valence-electron chi connectivity index (χ2n) is 3.77. The Morgan fingerprint density at radius 3 is 2.92 bits per heavy atom. The van der Waals surface area contributed by atoms with E-state index in [1.165, 1.54) is 0 Å². The number of rotatable bonds is 1. The number of nitrogens with zero attached hydrogens (tertiary/aromatic N) is 2. The van der Waals surface area contributed by atoms with Crippen molar-refractivity contribution in [3.8, 4) is 0 Å². The molecule has 1 saturated heterocycles. The molecule has 0 N–H and O–H groups in total. The SMILES string of the molecule is CN1CCN(C)C(c2ccco2)C1. The van der Waals surface area contributed by atoms with E-state index in [1.807, 2.05) is 6.07 Å². The molecule has 0 amide bonds. The zero-order valence-corrected chi connectivity index (χ0v) is 8.23. The van der Waals surface area contributed by atoms with Gasteiger partial charge in [-0.15, -0.1) is 0 Å². The third-order valence-electron chi connectivity index (χ3n) is 2.72. The Balaban J connectivity index is 2.12. The maximum Gasteiger partial charge on any atom is 0.122 e. The van der Waals surface area contributed by atoms with E-state index in [1.54, 1.807) is 6.26 Å². The number of hydrogen-bond donors (Lipinski definition) is 0. The molecule has 2 heterocycles. The van der Waals surface area contributed by atoms with Gasteiger partial charge in [0.05, 0.1) is 12.3 Å². The van der Waals surface area contributed by atoms with Gasteiger partial charge < -0.3 is 9.32 Å². The highest BCUT2D eigenvalue weighted by atomic mass is 16.3. The van der Waals surface area contributed by atoms with E-state index < -0.39 is 0 Å². The Morgan fingerprint density at radius 1 is 1.38 bits per heavy atom. The van der Waals surface area contributed by atoms with E-state index in [0.29, 0.717) is 6.04 Å². The second-order valence-corrected chi connectivity index (χ2v) is 3.77. The maximum atomic E-state index is 5.42. The molecule has 0 radical (unpaired) electrons. The van der Waals surface area contributed by atoms with Crippen LogP contribution >= 0.6 is 0 Å². The zero-order chi connectivity index (χ0) is 9.26. The van der Waals surface area contributed by atoms with E-state index in [-0.39, 0.29) is 0 Å². The standard InChI is InChI=1S/C10H16N2O/c1-11-5-6-12(2)9(8-11)10-4-3-7-13-10/h3-4,7,9H,5-6,8H2,1-2H3. The largest absolute Gasteiger partial charge is 0.468 e. The normalized spacial score (nSPS) is 26.5. The predicted octanol–water partition coefficient (Wildman–Crippen LogP) is 1.20. The first-order valence-electron chi connectivity index (χ1n) is 4.69. The van der Waals surface area contributed by atoms with Gasteiger partial charge in [-0.25, -0.2) is 0 Å². The third-order valence-corrected chi connectivity index (χ3v) is 2.72. The highest BCUT2D eigenvalue weighted by Gasteiger charge is 2.25. The Kier molecular flexibility index (Phi) is 2.38. The maximum absolute atomic E-state index is 5.42. The lowest BCUT2D eigenvalue weighted by molar-refractivity contribution is 0.100. The number of likely N-dealkylation sites (N-methyl/N-ethyl adjacent to an activating group) is 2. The van der Waals surface area contributed by atoms with E-state index in [4.69, 9.17) is 4.42 Å². The molecular formula is C10H16N2O. The molecule has 1 atom stereocenters. The molecule has 1 aromatic rings. The van der Waals surface area contributed by atoms with Gasteiger partial charge in [0.2, 0.25) is 0 Å². The molecule has 0 spiro atoms. The van der Waals surface area contributed by atoms with Crippen LogP contribution in [0.3, 0.4) is 0 Å². The Hall–Kier alpha value is -0.800. The minimum Gasteiger partial charge on any atom is -0.468 e. The summed E-state index contributed by atoms with van der Waals surface area (Å²) in [6, 6.07) is 4.44. The lowest BCUT2D eigenvalue weighted by Crippen LogP contribution is -2.44. The van der Waals surface area contributed by atoms with Gasteiger partial charge in [-0.3, -0.25) is 4.90 Å². The lowest BCUT2D eigenvalue weighted by atomic mass is 10.1. The van der Waals surface area contributed by atoms with Crippen LogP contribution in [0.15, 0.2) is 22.8 Å². The van der Waals surface area contributed by atoms with Crippen LogP contribution in [0.25, 0.3) is 0 Å². The molecule has 1 aromatic heterocycles. The summed E-state index contributed by atoms with van der Waals surface area (Å²) >= 11 is 0. The van der Waals surface area contributed by atoms with Crippen molar-refractivity contribution in [1.82, 2.24) is 9.80 Å². The van der Waals surface area contributed by atoms with Crippen LogP contribution < -0.4 is 0 Å². The minimum absolute atomic E-state index is 0.425. The van der Waals surface area contributed by atoms with Gasteiger partial charge in [0.15, 0.2) is 0 Å². The molecule has 13 heavy (non-hydrogen) atoms. The molecule has 1 aliphatic heterocycles. The fourth-order valence-electron chi connectivity index (χ4n) is 1.80. The smallest absolute Gasteiger partial charge is 0.122 e. The summed E-state index contributed by atoms with van der Waals surface area (Å²) < 4.78 is 5.42. The van der Waals surface area contributed by atoms with Crippen molar-refractivity contribution in [2.75, 3.05) is 33.7 Å². The second kappa shape index (κ2) is 3.52. The summed E-state index contributed by atoms with van der Waals surface area (Å²) in [5.41, 5.74) is 0. The molecule has 72 valence electrons. The first-order valence-corrected chi connectivity index (χ1v) is 4.69. The Labute approximate surface area is 78.9 Å². The average Bonchev–Trinajstić information content (AvgIpc) is 2.61. The van der Waals surface area contributed by atoms with Crippen molar-refractivity contribution in [1.29, 1.82) is 0 Å². The number of furan rings is 1. The molecule has 3 heteroatoms. The molecule has 1 aliphatic rings. The molecular weight excluding hydrogens is 164 g/mol. The Morgan fingerprint density at radius 2 is 2.23 bits per heavy atom. The van der Waals surface area contributed by atoms with Crippen molar-refractivity contribution < 1.29 is 4.42 Å². The minimum atomic E-state index is 0.425. The van der Waals surface area contributed by atoms with Crippen molar-refractivity contribution in [2.45, 2.75) is 6.04 Å². The summed E-state index contributed by atoms with van der Waals surface area (Å²) in [5.74, 6) is 1.08. The fourth-order valence-corrected chi connectivity index (χ4v) is 1.80. The monoisotopic (exact) mass is 180 g/mol. The van der Waals surface area contributed by atoms with Crippen LogP contribution in [0, 0.1) is 0 Å². The molecule has 0 aliphatic carbocycles. The van der Waals surface area contributed by atoms with Crippen molar-refractivity contribution in [3.63, 3.8) is 0 Å². The highest BCUT2D eigenvalue weighted by molar-refractivity contribution is 5.06. The van der Waals surface area contributed by atoms with Crippen LogP contribution in [0.1, 0.15) is 11.8 Å². The fraction of sp³-hybridized carbons (Fsp3) is 0.600. The molecule has 0 aromatic carbocycles. The van der Waals surface area contributed by atoms with Crippen LogP contribution in [0.4, 0.5) is 0 Å². The van der Waals surface area contributed by atoms with Crippen LogP contribution in [-0.2, 0) is 0 Å². The first kappa shape index (κ1) is 8.78. The van der Waals surface area contributed by atoms with Crippen LogP contribution in [0.2, 0.25) is 0 Å². The summed E-state index contributed by atoms with van der Waals surface area (Å²) in [4.78, 5) is 4.69. The highest BCUT2D eigenvalue weighted by Crippen LogP contribution is 2.23. The molecule has 1 unspecified atom stereocenters. The predicted molar refractivity (Wildman–Crippen MR) is 51.6 cm³/mol. The topological polar surface area (TPSA) is 19.6 Å². The van der Waals surface area contributed by atoms with Crippen molar-refractivity contribution in [2.24, 2.45) is 0 Å². The Bertz CT molecular complexity index is 258. The van der Waals surface area contributed by atoms with Gasteiger partial charge in [0, 0.05) is 19.6 Å². The quantitative estimate of drug-likeness (QED) is 0.647. The lowest BCUT2D eigenvalue weighted by Gasteiger charge is -2.36. The van der Waals surface area contributed by atoms with Gasteiger partial charge in [-0.1, -0.05) is 0 Å². The summed E-state index contributed by atoms with van der Waals surface area (Å²) in [6.07, 6.45) is 1.75. The number of piperazine rings is 1. The van der Waals surface area contributed by atoms with Gasteiger partial charge >= 0.3 is 0 Å². The average molecular weight is 180 g/mol. The molecule has 0 saturated carbocycles. The third kappa shape index (κ3) is 1.76. The van der Waals surface area contributed by atoms with E-state index >= 15 is 0 Å². The van der Waals surface area contributed by atoms with E-state index in [2.05, 4.69) is 30.0 Å². The van der Waals surface area contributed by atoms with Gasteiger partial charge in [-0.05, 0) is 26.2 Å². The summed E-state index contributed by atoms with van der Waals surface area (Å²) in [7, 11) is 4.31. The molecule has 2 rings (SSSR count). The van der Waals surface area contributed by atoms with Crippen molar-refractivity contribution >= 4 is 0 Å². The van der Waals surface area contributed by atoms with Crippen molar-refractivity contribution in [3.05, 3.63) is 24.2 Å². The van der Waals surface area contributed by atoms with Gasteiger partial charge in [-0.2, -0.15) is 0 Å². The van der Waals surface area contributed by atoms with Gasteiger partial charge in [0.1, 0.15) is 5.76 Å². The summed E-state index contributed by atoms with van der Waals surface area (Å²) in [6.45, 7) is 3.32. The van der Waals surface area contributed by atoms with Gasteiger partial charge in [0.25, 0.3) is 0 Å². The van der Waals surface area contributed by atoms with Crippen LogP contribution in [0.5, 0.6) is 0 Å². The van der Waals surface area contributed by atoms with E-state index in [9.17, 15) is 0 Å².